The first-order chi connectivity index (χ1) is 9.79. The van der Waals surface area contributed by atoms with Gasteiger partial charge in [-0.2, -0.15) is 0 Å². The third-order valence-electron chi connectivity index (χ3n) is 3.85. The van der Waals surface area contributed by atoms with Gasteiger partial charge in [0.2, 0.25) is 0 Å². The number of alkyl halides is 1. The molecule has 2 aromatic rings. The molecule has 0 unspecified atom stereocenters. The predicted octanol–water partition coefficient (Wildman–Crippen LogP) is 5.82. The first kappa shape index (κ1) is 14.2. The Kier molecular flexibility index (Phi) is 4.47. The van der Waals surface area contributed by atoms with Gasteiger partial charge in [0.25, 0.3) is 0 Å². The number of para-hydroxylation sites is 1. The van der Waals surface area contributed by atoms with Crippen LogP contribution in [-0.2, 0) is 11.8 Å². The van der Waals surface area contributed by atoms with E-state index >= 15 is 0 Å². The average Bonchev–Trinajstić information content (AvgIpc) is 2.69. The van der Waals surface area contributed by atoms with E-state index < -0.39 is 0 Å². The van der Waals surface area contributed by atoms with Crippen molar-refractivity contribution in [3.05, 3.63) is 58.1 Å². The third kappa shape index (κ3) is 2.79. The Morgan fingerprint density at radius 2 is 1.90 bits per heavy atom. The lowest BCUT2D eigenvalue weighted by Crippen LogP contribution is -2.17. The summed E-state index contributed by atoms with van der Waals surface area (Å²) >= 11 is 7.20. The van der Waals surface area contributed by atoms with Gasteiger partial charge >= 0.3 is 0 Å². The fourth-order valence-electron chi connectivity index (χ4n) is 2.77. The van der Waals surface area contributed by atoms with Gasteiger partial charge in [0.15, 0.2) is 0 Å². The standard InChI is InChI=1S/C17H17Br2N/c18-12-14-8-9-15(11-16(14)19)20-10-4-3-6-13-5-1-2-7-17(13)20/h1-2,5,7-9,11H,3-4,6,10,12H2. The van der Waals surface area contributed by atoms with Gasteiger partial charge in [-0.3, -0.25) is 0 Å². The van der Waals surface area contributed by atoms with Gasteiger partial charge in [0.1, 0.15) is 0 Å². The summed E-state index contributed by atoms with van der Waals surface area (Å²) in [5.74, 6) is 0. The molecule has 0 fully saturated rings. The van der Waals surface area contributed by atoms with Crippen LogP contribution in [0.4, 0.5) is 11.4 Å². The number of fused-ring (bicyclic) bond motifs is 1. The van der Waals surface area contributed by atoms with Crippen LogP contribution in [0.5, 0.6) is 0 Å². The predicted molar refractivity (Wildman–Crippen MR) is 93.2 cm³/mol. The number of benzene rings is 2. The van der Waals surface area contributed by atoms with Crippen molar-refractivity contribution in [2.75, 3.05) is 11.4 Å². The van der Waals surface area contributed by atoms with Gasteiger partial charge in [-0.05, 0) is 48.6 Å². The van der Waals surface area contributed by atoms with Crippen LogP contribution in [-0.4, -0.2) is 6.54 Å². The number of halogens is 2. The molecular weight excluding hydrogens is 378 g/mol. The van der Waals surface area contributed by atoms with Gasteiger partial charge in [0, 0.05) is 27.7 Å². The van der Waals surface area contributed by atoms with Crippen LogP contribution in [0, 0.1) is 0 Å². The maximum absolute atomic E-state index is 3.68. The Hall–Kier alpha value is -0.800. The Labute approximate surface area is 137 Å². The first-order valence-electron chi connectivity index (χ1n) is 6.99. The molecule has 2 aromatic carbocycles. The lowest BCUT2D eigenvalue weighted by atomic mass is 10.1. The molecule has 0 spiro atoms. The zero-order valence-electron chi connectivity index (χ0n) is 11.3. The Balaban J connectivity index is 2.03. The Morgan fingerprint density at radius 3 is 2.70 bits per heavy atom. The minimum Gasteiger partial charge on any atom is -0.341 e. The van der Waals surface area contributed by atoms with E-state index in [1.54, 1.807) is 0 Å². The van der Waals surface area contributed by atoms with Crippen molar-refractivity contribution in [1.82, 2.24) is 0 Å². The van der Waals surface area contributed by atoms with Crippen LogP contribution in [0.25, 0.3) is 0 Å². The summed E-state index contributed by atoms with van der Waals surface area (Å²) in [6.07, 6.45) is 3.70. The molecule has 0 atom stereocenters. The van der Waals surface area contributed by atoms with Crippen LogP contribution in [0.1, 0.15) is 24.0 Å². The van der Waals surface area contributed by atoms with Crippen LogP contribution >= 0.6 is 31.9 Å². The molecule has 1 heterocycles. The Morgan fingerprint density at radius 1 is 1.05 bits per heavy atom. The van der Waals surface area contributed by atoms with Gasteiger partial charge < -0.3 is 4.90 Å². The summed E-state index contributed by atoms with van der Waals surface area (Å²) in [5, 5.41) is 0.879. The van der Waals surface area contributed by atoms with E-state index in [1.807, 2.05) is 0 Å². The van der Waals surface area contributed by atoms with Gasteiger partial charge in [0.05, 0.1) is 0 Å². The van der Waals surface area contributed by atoms with Crippen LogP contribution in [0.3, 0.4) is 0 Å². The van der Waals surface area contributed by atoms with E-state index in [2.05, 4.69) is 79.2 Å². The van der Waals surface area contributed by atoms with Gasteiger partial charge in [-0.1, -0.05) is 56.1 Å². The molecule has 0 aliphatic carbocycles. The van der Waals surface area contributed by atoms with E-state index in [1.165, 1.54) is 46.2 Å². The zero-order valence-corrected chi connectivity index (χ0v) is 14.5. The molecule has 0 aromatic heterocycles. The van der Waals surface area contributed by atoms with Crippen molar-refractivity contribution in [3.63, 3.8) is 0 Å². The summed E-state index contributed by atoms with van der Waals surface area (Å²) in [6.45, 7) is 1.09. The van der Waals surface area contributed by atoms with Crippen LogP contribution in [0.15, 0.2) is 46.9 Å². The monoisotopic (exact) mass is 393 g/mol. The fraction of sp³-hybridized carbons (Fsp3) is 0.294. The number of aryl methyl sites for hydroxylation is 1. The topological polar surface area (TPSA) is 3.24 Å². The number of rotatable bonds is 2. The highest BCUT2D eigenvalue weighted by Crippen LogP contribution is 2.34. The van der Waals surface area contributed by atoms with E-state index in [0.717, 1.165) is 11.9 Å². The second kappa shape index (κ2) is 6.31. The van der Waals surface area contributed by atoms with Gasteiger partial charge in [-0.15, -0.1) is 0 Å². The maximum atomic E-state index is 3.68. The molecule has 0 saturated carbocycles. The molecular formula is C17H17Br2N. The molecule has 3 rings (SSSR count). The lowest BCUT2D eigenvalue weighted by Gasteiger charge is -2.25. The van der Waals surface area contributed by atoms with Gasteiger partial charge in [-0.25, -0.2) is 0 Å². The third-order valence-corrected chi connectivity index (χ3v) is 5.19. The normalized spacial score (nSPS) is 14.8. The summed E-state index contributed by atoms with van der Waals surface area (Å²) < 4.78 is 1.17. The number of hydrogen-bond donors (Lipinski definition) is 0. The summed E-state index contributed by atoms with van der Waals surface area (Å²) in [6, 6.07) is 15.4. The summed E-state index contributed by atoms with van der Waals surface area (Å²) in [5.41, 5.74) is 5.39. The molecule has 20 heavy (non-hydrogen) atoms. The van der Waals surface area contributed by atoms with Crippen molar-refractivity contribution in [2.24, 2.45) is 0 Å². The van der Waals surface area contributed by atoms with Crippen molar-refractivity contribution in [3.8, 4) is 0 Å². The van der Waals surface area contributed by atoms with Crippen molar-refractivity contribution in [1.29, 1.82) is 0 Å². The summed E-state index contributed by atoms with van der Waals surface area (Å²) in [7, 11) is 0. The quantitative estimate of drug-likeness (QED) is 0.580. The molecule has 1 aliphatic rings. The smallest absolute Gasteiger partial charge is 0.0443 e. The molecule has 104 valence electrons. The Bertz CT molecular complexity index is 610. The largest absolute Gasteiger partial charge is 0.341 e. The molecule has 0 N–H and O–H groups in total. The highest BCUT2D eigenvalue weighted by molar-refractivity contribution is 9.10. The molecule has 0 saturated heterocycles. The van der Waals surface area contributed by atoms with Crippen molar-refractivity contribution >= 4 is 43.2 Å². The van der Waals surface area contributed by atoms with E-state index in [9.17, 15) is 0 Å². The van der Waals surface area contributed by atoms with E-state index in [0.29, 0.717) is 0 Å². The molecule has 0 bridgehead atoms. The minimum absolute atomic E-state index is 0.879. The fourth-order valence-corrected chi connectivity index (χ4v) is 4.14. The zero-order chi connectivity index (χ0) is 13.9. The van der Waals surface area contributed by atoms with Crippen LogP contribution < -0.4 is 4.90 Å². The number of hydrogen-bond acceptors (Lipinski definition) is 1. The molecule has 1 nitrogen and oxygen atoms in total. The molecule has 0 amide bonds. The van der Waals surface area contributed by atoms with Crippen LogP contribution in [0.2, 0.25) is 0 Å². The minimum atomic E-state index is 0.879. The second-order valence-corrected chi connectivity index (χ2v) is 6.56. The molecule has 3 heteroatoms. The summed E-state index contributed by atoms with van der Waals surface area (Å²) in [4.78, 5) is 2.45. The second-order valence-electron chi connectivity index (χ2n) is 5.15. The average molecular weight is 395 g/mol. The van der Waals surface area contributed by atoms with E-state index in [4.69, 9.17) is 0 Å². The highest BCUT2D eigenvalue weighted by atomic mass is 79.9. The first-order valence-corrected chi connectivity index (χ1v) is 8.91. The van der Waals surface area contributed by atoms with Crippen molar-refractivity contribution in [2.45, 2.75) is 24.6 Å². The van der Waals surface area contributed by atoms with E-state index in [-0.39, 0.29) is 0 Å². The number of anilines is 2. The van der Waals surface area contributed by atoms with Crippen molar-refractivity contribution < 1.29 is 0 Å². The SMILES string of the molecule is BrCc1ccc(N2CCCCc3ccccc32)cc1Br. The molecule has 0 radical (unpaired) electrons. The lowest BCUT2D eigenvalue weighted by molar-refractivity contribution is 0.761. The number of nitrogens with zero attached hydrogens (tertiary/aromatic N) is 1. The highest BCUT2D eigenvalue weighted by Gasteiger charge is 2.16. The maximum Gasteiger partial charge on any atom is 0.0443 e. The molecule has 1 aliphatic heterocycles.